The minimum absolute atomic E-state index is 0.141. The molecule has 0 bridgehead atoms. The largest absolute Gasteiger partial charge is 0.337 e. The van der Waals surface area contributed by atoms with Gasteiger partial charge in [0.1, 0.15) is 5.69 Å². The van der Waals surface area contributed by atoms with Crippen LogP contribution < -0.4 is 5.56 Å². The number of H-pyrrole nitrogens is 1. The molecule has 0 atom stereocenters. The van der Waals surface area contributed by atoms with Gasteiger partial charge in [-0.2, -0.15) is 0 Å². The highest BCUT2D eigenvalue weighted by Crippen LogP contribution is 2.28. The highest BCUT2D eigenvalue weighted by Gasteiger charge is 2.19. The third-order valence-electron chi connectivity index (χ3n) is 5.42. The number of aromatic nitrogens is 5. The van der Waals surface area contributed by atoms with Gasteiger partial charge in [-0.3, -0.25) is 4.79 Å². The average Bonchev–Trinajstić information content (AvgIpc) is 3.25. The van der Waals surface area contributed by atoms with Gasteiger partial charge in [-0.05, 0) is 36.8 Å². The van der Waals surface area contributed by atoms with Crippen molar-refractivity contribution in [1.82, 2.24) is 24.1 Å². The lowest BCUT2D eigenvalue weighted by Gasteiger charge is -2.12. The molecule has 0 saturated heterocycles. The van der Waals surface area contributed by atoms with Crippen molar-refractivity contribution in [2.75, 3.05) is 0 Å². The van der Waals surface area contributed by atoms with Crippen LogP contribution in [0.4, 0.5) is 8.78 Å². The molecule has 0 radical (unpaired) electrons. The van der Waals surface area contributed by atoms with E-state index in [0.29, 0.717) is 16.8 Å². The summed E-state index contributed by atoms with van der Waals surface area (Å²) in [7, 11) is 1.90. The highest BCUT2D eigenvalue weighted by atomic mass is 19.2. The van der Waals surface area contributed by atoms with Gasteiger partial charge in [-0.15, -0.1) is 0 Å². The van der Waals surface area contributed by atoms with Crippen LogP contribution in [0.15, 0.2) is 53.6 Å². The van der Waals surface area contributed by atoms with Gasteiger partial charge in [-0.25, -0.2) is 18.7 Å². The Labute approximate surface area is 169 Å². The number of halogens is 2. The van der Waals surface area contributed by atoms with Crippen molar-refractivity contribution in [2.24, 2.45) is 7.05 Å². The second-order valence-corrected chi connectivity index (χ2v) is 7.24. The molecule has 2 aromatic carbocycles. The summed E-state index contributed by atoms with van der Waals surface area (Å²) in [5.74, 6) is -1.43. The SMILES string of the molecule is Cc1c(-c2nc3ccccc3n2Cc2cc(=O)[nH]c3c(F)c(F)ccc23)ncn1C. The number of benzene rings is 2. The van der Waals surface area contributed by atoms with Gasteiger partial charge < -0.3 is 14.1 Å². The molecular weight excluding hydrogens is 388 g/mol. The zero-order chi connectivity index (χ0) is 21.0. The second kappa shape index (κ2) is 6.62. The molecule has 150 valence electrons. The molecule has 5 aromatic rings. The summed E-state index contributed by atoms with van der Waals surface area (Å²) in [6.45, 7) is 2.20. The smallest absolute Gasteiger partial charge is 0.248 e. The Hall–Kier alpha value is -3.81. The summed E-state index contributed by atoms with van der Waals surface area (Å²) in [6, 6.07) is 11.6. The summed E-state index contributed by atoms with van der Waals surface area (Å²) < 4.78 is 31.9. The van der Waals surface area contributed by atoms with E-state index in [1.807, 2.05) is 47.4 Å². The Morgan fingerprint density at radius 3 is 2.70 bits per heavy atom. The van der Waals surface area contributed by atoms with E-state index in [4.69, 9.17) is 4.98 Å². The fourth-order valence-corrected chi connectivity index (χ4v) is 3.76. The van der Waals surface area contributed by atoms with Gasteiger partial charge in [0, 0.05) is 24.2 Å². The topological polar surface area (TPSA) is 68.5 Å². The summed E-state index contributed by atoms with van der Waals surface area (Å²) in [6.07, 6.45) is 1.72. The van der Waals surface area contributed by atoms with Crippen LogP contribution in [0.3, 0.4) is 0 Å². The molecule has 0 saturated carbocycles. The Morgan fingerprint density at radius 1 is 1.13 bits per heavy atom. The van der Waals surface area contributed by atoms with Crippen molar-refractivity contribution in [2.45, 2.75) is 13.5 Å². The van der Waals surface area contributed by atoms with E-state index in [-0.39, 0.29) is 12.1 Å². The van der Waals surface area contributed by atoms with Crippen LogP contribution in [0.2, 0.25) is 0 Å². The lowest BCUT2D eigenvalue weighted by atomic mass is 10.1. The van der Waals surface area contributed by atoms with E-state index in [2.05, 4.69) is 9.97 Å². The van der Waals surface area contributed by atoms with Crippen LogP contribution in [0.25, 0.3) is 33.5 Å². The van der Waals surface area contributed by atoms with Gasteiger partial charge in [0.25, 0.3) is 0 Å². The number of para-hydroxylation sites is 2. The minimum Gasteiger partial charge on any atom is -0.337 e. The fraction of sp³-hybridized carbons (Fsp3) is 0.136. The van der Waals surface area contributed by atoms with Crippen LogP contribution in [0, 0.1) is 18.6 Å². The lowest BCUT2D eigenvalue weighted by molar-refractivity contribution is 0.515. The van der Waals surface area contributed by atoms with Gasteiger partial charge in [-0.1, -0.05) is 12.1 Å². The Kier molecular flexibility index (Phi) is 4.02. The number of hydrogen-bond donors (Lipinski definition) is 1. The highest BCUT2D eigenvalue weighted by molar-refractivity contribution is 5.84. The van der Waals surface area contributed by atoms with Crippen molar-refractivity contribution in [3.8, 4) is 11.5 Å². The predicted octanol–water partition coefficient (Wildman–Crippen LogP) is 3.91. The second-order valence-electron chi connectivity index (χ2n) is 7.24. The third kappa shape index (κ3) is 2.72. The van der Waals surface area contributed by atoms with Crippen molar-refractivity contribution < 1.29 is 8.78 Å². The summed E-state index contributed by atoms with van der Waals surface area (Å²) in [5, 5.41) is 0.440. The minimum atomic E-state index is -1.07. The van der Waals surface area contributed by atoms with Crippen LogP contribution in [-0.4, -0.2) is 24.1 Å². The van der Waals surface area contributed by atoms with Crippen molar-refractivity contribution in [3.05, 3.63) is 82.0 Å². The number of fused-ring (bicyclic) bond motifs is 2. The van der Waals surface area contributed by atoms with Crippen LogP contribution in [-0.2, 0) is 13.6 Å². The fourth-order valence-electron chi connectivity index (χ4n) is 3.76. The normalized spacial score (nSPS) is 11.6. The molecule has 3 heterocycles. The summed E-state index contributed by atoms with van der Waals surface area (Å²) >= 11 is 0. The maximum atomic E-state index is 14.3. The van der Waals surface area contributed by atoms with Gasteiger partial charge in [0.05, 0.1) is 29.4 Å². The molecule has 30 heavy (non-hydrogen) atoms. The monoisotopic (exact) mass is 405 g/mol. The number of aromatic amines is 1. The van der Waals surface area contributed by atoms with E-state index < -0.39 is 17.2 Å². The average molecular weight is 405 g/mol. The molecule has 0 fully saturated rings. The quantitative estimate of drug-likeness (QED) is 0.495. The number of nitrogens with one attached hydrogen (secondary N) is 1. The van der Waals surface area contributed by atoms with Crippen LogP contribution in [0.5, 0.6) is 0 Å². The first-order valence-corrected chi connectivity index (χ1v) is 9.37. The predicted molar refractivity (Wildman–Crippen MR) is 110 cm³/mol. The molecule has 0 spiro atoms. The van der Waals surface area contributed by atoms with E-state index >= 15 is 0 Å². The number of rotatable bonds is 3. The Bertz CT molecular complexity index is 1500. The Morgan fingerprint density at radius 2 is 1.93 bits per heavy atom. The summed E-state index contributed by atoms with van der Waals surface area (Å²) in [5.41, 5.74) is 3.22. The Balaban J connectivity index is 1.77. The number of nitrogens with zero attached hydrogens (tertiary/aromatic N) is 4. The van der Waals surface area contributed by atoms with Crippen molar-refractivity contribution >= 4 is 21.9 Å². The van der Waals surface area contributed by atoms with Crippen molar-refractivity contribution in [1.29, 1.82) is 0 Å². The first-order chi connectivity index (χ1) is 14.4. The summed E-state index contributed by atoms with van der Waals surface area (Å²) in [4.78, 5) is 23.8. The number of imidazole rings is 2. The van der Waals surface area contributed by atoms with E-state index in [9.17, 15) is 13.6 Å². The van der Waals surface area contributed by atoms with E-state index in [1.54, 1.807) is 6.33 Å². The zero-order valence-electron chi connectivity index (χ0n) is 16.3. The first kappa shape index (κ1) is 18.2. The van der Waals surface area contributed by atoms with Crippen molar-refractivity contribution in [3.63, 3.8) is 0 Å². The van der Waals surface area contributed by atoms with Gasteiger partial charge in [0.15, 0.2) is 17.5 Å². The maximum absolute atomic E-state index is 14.3. The van der Waals surface area contributed by atoms with Crippen LogP contribution >= 0.6 is 0 Å². The molecule has 3 aromatic heterocycles. The molecule has 0 amide bonds. The standard InChI is InChI=1S/C22H17F2N5O/c1-12-20(25-11-28(12)2)22-26-16-5-3-4-6-17(16)29(22)10-13-9-18(30)27-21-14(13)7-8-15(23)19(21)24/h3-9,11H,10H2,1-2H3,(H,27,30). The third-order valence-corrected chi connectivity index (χ3v) is 5.42. The molecule has 0 aliphatic heterocycles. The molecule has 0 unspecified atom stereocenters. The molecule has 0 aliphatic rings. The van der Waals surface area contributed by atoms with E-state index in [0.717, 1.165) is 28.5 Å². The molecule has 0 aliphatic carbocycles. The van der Waals surface area contributed by atoms with Gasteiger partial charge in [0.2, 0.25) is 5.56 Å². The molecule has 1 N–H and O–H groups in total. The molecule has 8 heteroatoms. The van der Waals surface area contributed by atoms with Gasteiger partial charge >= 0.3 is 0 Å². The maximum Gasteiger partial charge on any atom is 0.248 e. The lowest BCUT2D eigenvalue weighted by Crippen LogP contribution is -2.11. The number of hydrogen-bond acceptors (Lipinski definition) is 3. The van der Waals surface area contributed by atoms with E-state index in [1.165, 1.54) is 12.1 Å². The first-order valence-electron chi connectivity index (χ1n) is 9.37. The number of pyridine rings is 1. The number of aryl methyl sites for hydroxylation is 1. The zero-order valence-corrected chi connectivity index (χ0v) is 16.3. The molecule has 6 nitrogen and oxygen atoms in total. The van der Waals surface area contributed by atoms with Crippen LogP contribution in [0.1, 0.15) is 11.3 Å². The molecular formula is C22H17F2N5O. The molecule has 5 rings (SSSR count).